The minimum atomic E-state index is 0. The van der Waals surface area contributed by atoms with E-state index in [0.717, 1.165) is 10.0 Å². The molecule has 0 spiro atoms. The fourth-order valence-electron chi connectivity index (χ4n) is 1.47. The van der Waals surface area contributed by atoms with E-state index in [4.69, 9.17) is 15.2 Å². The summed E-state index contributed by atoms with van der Waals surface area (Å²) in [6.07, 6.45) is 1.72. The quantitative estimate of drug-likeness (QED) is 0.299. The zero-order valence-corrected chi connectivity index (χ0v) is 15.4. The number of benzene rings is 1. The summed E-state index contributed by atoms with van der Waals surface area (Å²) in [4.78, 5) is 4.22. The number of ether oxygens (including phenoxy) is 2. The topological polar surface area (TPSA) is 68.9 Å². The molecule has 0 saturated heterocycles. The predicted octanol–water partition coefficient (Wildman–Crippen LogP) is 2.67. The molecule has 1 aromatic carbocycles. The first-order valence-electron chi connectivity index (χ1n) is 5.67. The van der Waals surface area contributed by atoms with Crippen LogP contribution in [0.25, 0.3) is 0 Å². The van der Waals surface area contributed by atoms with E-state index in [2.05, 4.69) is 32.8 Å². The summed E-state index contributed by atoms with van der Waals surface area (Å²) in [5, 5.41) is 2.91. The Labute approximate surface area is 144 Å². The summed E-state index contributed by atoms with van der Waals surface area (Å²) >= 11 is 3.43. The van der Waals surface area contributed by atoms with E-state index in [0.29, 0.717) is 30.5 Å². The van der Waals surface area contributed by atoms with Crippen LogP contribution >= 0.6 is 39.9 Å². The smallest absolute Gasteiger partial charge is 0.189 e. The maximum absolute atomic E-state index is 5.70. The van der Waals surface area contributed by atoms with Crippen LogP contribution in [0.15, 0.2) is 34.3 Å². The molecule has 112 valence electrons. The van der Waals surface area contributed by atoms with Gasteiger partial charge >= 0.3 is 0 Å². The van der Waals surface area contributed by atoms with Crippen molar-refractivity contribution in [2.75, 3.05) is 20.8 Å². The second-order valence-corrected chi connectivity index (χ2v) is 4.54. The van der Waals surface area contributed by atoms with Crippen LogP contribution in [-0.2, 0) is 6.54 Å². The number of nitrogens with one attached hydrogen (secondary N) is 1. The number of hydrogen-bond donors (Lipinski definition) is 2. The third-order valence-electron chi connectivity index (χ3n) is 2.35. The average molecular weight is 456 g/mol. The molecule has 0 aromatic heterocycles. The van der Waals surface area contributed by atoms with Crippen molar-refractivity contribution in [3.05, 3.63) is 34.8 Å². The minimum absolute atomic E-state index is 0. The third kappa shape index (κ3) is 5.58. The fraction of sp³-hybridized carbons (Fsp3) is 0.308. The van der Waals surface area contributed by atoms with Crippen molar-refractivity contribution >= 4 is 45.9 Å². The molecular formula is C13H19BrIN3O2. The van der Waals surface area contributed by atoms with Gasteiger partial charge in [-0.05, 0) is 33.6 Å². The lowest BCUT2D eigenvalue weighted by Crippen LogP contribution is -2.31. The van der Waals surface area contributed by atoms with Crippen LogP contribution in [0.2, 0.25) is 0 Å². The van der Waals surface area contributed by atoms with E-state index in [-0.39, 0.29) is 24.0 Å². The van der Waals surface area contributed by atoms with Crippen LogP contribution in [0.5, 0.6) is 11.5 Å². The van der Waals surface area contributed by atoms with Crippen molar-refractivity contribution in [3.63, 3.8) is 0 Å². The molecule has 0 aliphatic rings. The second kappa shape index (κ2) is 9.87. The number of guanidine groups is 1. The highest BCUT2D eigenvalue weighted by Crippen LogP contribution is 2.36. The number of nitrogens with two attached hydrogens (primary N) is 1. The molecule has 5 nitrogen and oxygen atoms in total. The molecule has 7 heteroatoms. The Morgan fingerprint density at radius 1 is 1.45 bits per heavy atom. The van der Waals surface area contributed by atoms with Crippen molar-refractivity contribution in [2.45, 2.75) is 6.54 Å². The van der Waals surface area contributed by atoms with Crippen LogP contribution in [0.4, 0.5) is 0 Å². The van der Waals surface area contributed by atoms with Gasteiger partial charge in [-0.3, -0.25) is 0 Å². The molecule has 0 radical (unpaired) electrons. The summed E-state index contributed by atoms with van der Waals surface area (Å²) in [5.74, 6) is 1.69. The lowest BCUT2D eigenvalue weighted by Gasteiger charge is -2.11. The molecule has 1 aromatic rings. The number of methoxy groups -OCH3 is 2. The molecule has 3 N–H and O–H groups in total. The summed E-state index contributed by atoms with van der Waals surface area (Å²) in [5.41, 5.74) is 6.66. The number of nitrogens with zero attached hydrogens (tertiary/aromatic N) is 1. The van der Waals surface area contributed by atoms with Crippen LogP contribution < -0.4 is 20.5 Å². The van der Waals surface area contributed by atoms with E-state index in [1.165, 1.54) is 0 Å². The van der Waals surface area contributed by atoms with Crippen LogP contribution in [0.1, 0.15) is 5.56 Å². The standard InChI is InChI=1S/C13H18BrN3O2.HI/c1-4-5-16-13(15)17-8-9-6-10(14)12(19-3)11(7-9)18-2;/h4,6-7H,1,5,8H2,2-3H3,(H3,15,16,17);1H. The number of aliphatic imine (C=N–C) groups is 1. The molecule has 0 bridgehead atoms. The van der Waals surface area contributed by atoms with E-state index >= 15 is 0 Å². The normalized spacial score (nSPS) is 10.4. The Hall–Kier alpha value is -0.960. The predicted molar refractivity (Wildman–Crippen MR) is 96.2 cm³/mol. The van der Waals surface area contributed by atoms with Crippen molar-refractivity contribution in [1.82, 2.24) is 5.32 Å². The summed E-state index contributed by atoms with van der Waals surface area (Å²) in [6, 6.07) is 3.79. The van der Waals surface area contributed by atoms with Gasteiger partial charge in [-0.2, -0.15) is 0 Å². The Balaban J connectivity index is 0.00000361. The molecule has 1 rings (SSSR count). The van der Waals surface area contributed by atoms with Crippen molar-refractivity contribution in [3.8, 4) is 11.5 Å². The summed E-state index contributed by atoms with van der Waals surface area (Å²) < 4.78 is 11.3. The van der Waals surface area contributed by atoms with E-state index in [1.54, 1.807) is 20.3 Å². The van der Waals surface area contributed by atoms with Crippen molar-refractivity contribution < 1.29 is 9.47 Å². The van der Waals surface area contributed by atoms with Gasteiger partial charge in [0.25, 0.3) is 0 Å². The number of halogens is 2. The Morgan fingerprint density at radius 3 is 2.70 bits per heavy atom. The Morgan fingerprint density at radius 2 is 2.15 bits per heavy atom. The molecule has 0 aliphatic heterocycles. The van der Waals surface area contributed by atoms with Gasteiger partial charge in [0, 0.05) is 6.54 Å². The first-order valence-corrected chi connectivity index (χ1v) is 6.46. The van der Waals surface area contributed by atoms with Gasteiger partial charge in [-0.15, -0.1) is 30.6 Å². The molecule has 0 atom stereocenters. The molecule has 0 fully saturated rings. The molecule has 0 heterocycles. The number of rotatable bonds is 6. The SMILES string of the molecule is C=CCNC(N)=NCc1cc(Br)c(OC)c(OC)c1.I. The highest BCUT2D eigenvalue weighted by molar-refractivity contribution is 14.0. The first-order chi connectivity index (χ1) is 9.12. The second-order valence-electron chi connectivity index (χ2n) is 3.68. The molecular weight excluding hydrogens is 437 g/mol. The van der Waals surface area contributed by atoms with Crippen LogP contribution in [-0.4, -0.2) is 26.7 Å². The maximum Gasteiger partial charge on any atom is 0.189 e. The fourth-order valence-corrected chi connectivity index (χ4v) is 2.12. The molecule has 0 amide bonds. The highest BCUT2D eigenvalue weighted by atomic mass is 127. The maximum atomic E-state index is 5.70. The van der Waals surface area contributed by atoms with Crippen molar-refractivity contribution in [2.24, 2.45) is 10.7 Å². The van der Waals surface area contributed by atoms with Gasteiger partial charge < -0.3 is 20.5 Å². The van der Waals surface area contributed by atoms with E-state index in [1.807, 2.05) is 12.1 Å². The zero-order valence-electron chi connectivity index (χ0n) is 11.5. The lowest BCUT2D eigenvalue weighted by molar-refractivity contribution is 0.352. The molecule has 0 unspecified atom stereocenters. The highest BCUT2D eigenvalue weighted by Gasteiger charge is 2.10. The number of hydrogen-bond acceptors (Lipinski definition) is 3. The largest absolute Gasteiger partial charge is 0.493 e. The zero-order chi connectivity index (χ0) is 14.3. The van der Waals surface area contributed by atoms with Gasteiger partial charge in [0.15, 0.2) is 17.5 Å². The summed E-state index contributed by atoms with van der Waals surface area (Å²) in [6.45, 7) is 4.64. The Bertz CT molecular complexity index is 481. The van der Waals surface area contributed by atoms with Gasteiger partial charge in [0.05, 0.1) is 25.2 Å². The molecule has 0 saturated carbocycles. The van der Waals surface area contributed by atoms with Gasteiger partial charge in [-0.25, -0.2) is 4.99 Å². The van der Waals surface area contributed by atoms with Gasteiger partial charge in [-0.1, -0.05) is 6.08 Å². The molecule has 20 heavy (non-hydrogen) atoms. The third-order valence-corrected chi connectivity index (χ3v) is 2.94. The van der Waals surface area contributed by atoms with Crippen LogP contribution in [0.3, 0.4) is 0 Å². The monoisotopic (exact) mass is 455 g/mol. The average Bonchev–Trinajstić information content (AvgIpc) is 2.42. The van der Waals surface area contributed by atoms with E-state index < -0.39 is 0 Å². The van der Waals surface area contributed by atoms with Gasteiger partial charge in [0.1, 0.15) is 0 Å². The van der Waals surface area contributed by atoms with Gasteiger partial charge in [0.2, 0.25) is 0 Å². The molecule has 0 aliphatic carbocycles. The Kier molecular flexibility index (Phi) is 9.39. The van der Waals surface area contributed by atoms with Crippen LogP contribution in [0, 0.1) is 0 Å². The first kappa shape index (κ1) is 19.0. The summed E-state index contributed by atoms with van der Waals surface area (Å²) in [7, 11) is 3.19. The minimum Gasteiger partial charge on any atom is -0.493 e. The van der Waals surface area contributed by atoms with Crippen molar-refractivity contribution in [1.29, 1.82) is 0 Å². The lowest BCUT2D eigenvalue weighted by atomic mass is 10.2. The van der Waals surface area contributed by atoms with E-state index in [9.17, 15) is 0 Å².